The second-order valence-corrected chi connectivity index (χ2v) is 5.71. The largest absolute Gasteiger partial charge is 0.352 e. The molecule has 2 aromatic rings. The van der Waals surface area contributed by atoms with Crippen LogP contribution in [0.2, 0.25) is 0 Å². The molecule has 0 saturated carbocycles. The summed E-state index contributed by atoms with van der Waals surface area (Å²) in [5.41, 5.74) is 4.58. The first-order valence-corrected chi connectivity index (χ1v) is 7.47. The van der Waals surface area contributed by atoms with Gasteiger partial charge in [0.05, 0.1) is 0 Å². The zero-order chi connectivity index (χ0) is 16.1. The molecular formula is C18H22N2O2. The van der Waals surface area contributed by atoms with Crippen molar-refractivity contribution >= 4 is 5.91 Å². The highest BCUT2D eigenvalue weighted by Crippen LogP contribution is 2.06. The van der Waals surface area contributed by atoms with E-state index in [2.05, 4.69) is 10.3 Å². The third kappa shape index (κ3) is 4.32. The van der Waals surface area contributed by atoms with E-state index < -0.39 is 0 Å². The molecule has 1 aromatic carbocycles. The highest BCUT2D eigenvalue weighted by atomic mass is 16.1. The lowest BCUT2D eigenvalue weighted by atomic mass is 10.1. The van der Waals surface area contributed by atoms with E-state index >= 15 is 0 Å². The zero-order valence-electron chi connectivity index (χ0n) is 13.3. The van der Waals surface area contributed by atoms with E-state index in [1.165, 1.54) is 5.56 Å². The van der Waals surface area contributed by atoms with E-state index in [0.717, 1.165) is 16.8 Å². The van der Waals surface area contributed by atoms with Gasteiger partial charge in [-0.25, -0.2) is 0 Å². The quantitative estimate of drug-likeness (QED) is 0.891. The predicted molar refractivity (Wildman–Crippen MR) is 87.9 cm³/mol. The second kappa shape index (κ2) is 7.07. The first-order chi connectivity index (χ1) is 10.5. The molecule has 0 aliphatic rings. The number of aromatic nitrogens is 1. The molecule has 116 valence electrons. The minimum Gasteiger partial charge on any atom is -0.352 e. The molecule has 1 aromatic heterocycles. The summed E-state index contributed by atoms with van der Waals surface area (Å²) in [6.07, 6.45) is 1.13. The SMILES string of the molecule is Cc1ccc(CCC(=O)NCc2c(C)cc(C)[nH]c2=O)cc1. The van der Waals surface area contributed by atoms with Crippen LogP contribution in [0.4, 0.5) is 0 Å². The molecule has 2 N–H and O–H groups in total. The van der Waals surface area contributed by atoms with Crippen molar-refractivity contribution in [1.29, 1.82) is 0 Å². The molecule has 4 nitrogen and oxygen atoms in total. The summed E-state index contributed by atoms with van der Waals surface area (Å²) < 4.78 is 0. The van der Waals surface area contributed by atoms with Crippen molar-refractivity contribution in [1.82, 2.24) is 10.3 Å². The fraction of sp³-hybridized carbons (Fsp3) is 0.333. The molecule has 4 heteroatoms. The maximum absolute atomic E-state index is 11.9. The van der Waals surface area contributed by atoms with Crippen molar-refractivity contribution in [2.45, 2.75) is 40.2 Å². The van der Waals surface area contributed by atoms with Crippen molar-refractivity contribution in [3.8, 4) is 0 Å². The minimum absolute atomic E-state index is 0.0417. The Balaban J connectivity index is 1.88. The molecule has 0 aliphatic carbocycles. The van der Waals surface area contributed by atoms with Crippen LogP contribution in [-0.4, -0.2) is 10.9 Å². The van der Waals surface area contributed by atoms with Crippen LogP contribution >= 0.6 is 0 Å². The normalized spacial score (nSPS) is 10.5. The summed E-state index contributed by atoms with van der Waals surface area (Å²) in [6, 6.07) is 10.1. The maximum atomic E-state index is 11.9. The number of aryl methyl sites for hydroxylation is 4. The van der Waals surface area contributed by atoms with Crippen molar-refractivity contribution in [2.24, 2.45) is 0 Å². The van der Waals surface area contributed by atoms with Gasteiger partial charge in [0, 0.05) is 24.2 Å². The Bertz CT molecular complexity index is 715. The molecule has 1 heterocycles. The van der Waals surface area contributed by atoms with Gasteiger partial charge in [-0.3, -0.25) is 9.59 Å². The predicted octanol–water partition coefficient (Wildman–Crippen LogP) is 2.55. The Morgan fingerprint density at radius 3 is 2.45 bits per heavy atom. The van der Waals surface area contributed by atoms with Crippen LogP contribution in [-0.2, 0) is 17.8 Å². The first-order valence-electron chi connectivity index (χ1n) is 7.47. The van der Waals surface area contributed by atoms with E-state index in [4.69, 9.17) is 0 Å². The first kappa shape index (κ1) is 16.0. The van der Waals surface area contributed by atoms with Gasteiger partial charge in [0.25, 0.3) is 5.56 Å². The summed E-state index contributed by atoms with van der Waals surface area (Å²) in [7, 11) is 0. The molecule has 1 amide bonds. The van der Waals surface area contributed by atoms with E-state index in [-0.39, 0.29) is 18.0 Å². The molecule has 0 fully saturated rings. The average molecular weight is 298 g/mol. The van der Waals surface area contributed by atoms with Crippen molar-refractivity contribution < 1.29 is 4.79 Å². The third-order valence-corrected chi connectivity index (χ3v) is 3.72. The number of nitrogens with one attached hydrogen (secondary N) is 2. The van der Waals surface area contributed by atoms with Crippen LogP contribution in [0.25, 0.3) is 0 Å². The Morgan fingerprint density at radius 2 is 1.82 bits per heavy atom. The average Bonchev–Trinajstić information content (AvgIpc) is 2.45. The lowest BCUT2D eigenvalue weighted by Gasteiger charge is -2.08. The van der Waals surface area contributed by atoms with E-state index in [0.29, 0.717) is 18.4 Å². The highest BCUT2D eigenvalue weighted by molar-refractivity contribution is 5.76. The molecule has 22 heavy (non-hydrogen) atoms. The van der Waals surface area contributed by atoms with Crippen LogP contribution in [0.1, 0.15) is 34.4 Å². The number of aromatic amines is 1. The Hall–Kier alpha value is -2.36. The molecule has 0 aliphatic heterocycles. The molecule has 0 bridgehead atoms. The van der Waals surface area contributed by atoms with Crippen molar-refractivity contribution in [3.63, 3.8) is 0 Å². The summed E-state index contributed by atoms with van der Waals surface area (Å²) in [4.78, 5) is 26.6. The van der Waals surface area contributed by atoms with Gasteiger partial charge in [0.1, 0.15) is 0 Å². The lowest BCUT2D eigenvalue weighted by molar-refractivity contribution is -0.121. The smallest absolute Gasteiger partial charge is 0.253 e. The van der Waals surface area contributed by atoms with Gasteiger partial charge in [-0.05, 0) is 44.4 Å². The Morgan fingerprint density at radius 1 is 1.14 bits per heavy atom. The molecule has 2 rings (SSSR count). The van der Waals surface area contributed by atoms with Crippen LogP contribution in [0.5, 0.6) is 0 Å². The number of hydrogen-bond acceptors (Lipinski definition) is 2. The summed E-state index contributed by atoms with van der Waals surface area (Å²) in [5, 5.41) is 2.82. The van der Waals surface area contributed by atoms with Gasteiger partial charge in [0.2, 0.25) is 5.91 Å². The lowest BCUT2D eigenvalue weighted by Crippen LogP contribution is -2.28. The standard InChI is InChI=1S/C18H22N2O2/c1-12-4-6-15(7-5-12)8-9-17(21)19-11-16-13(2)10-14(3)20-18(16)22/h4-7,10H,8-9,11H2,1-3H3,(H,19,21)(H,20,22). The van der Waals surface area contributed by atoms with Gasteiger partial charge in [0.15, 0.2) is 0 Å². The van der Waals surface area contributed by atoms with E-state index in [1.54, 1.807) is 0 Å². The van der Waals surface area contributed by atoms with Crippen LogP contribution < -0.4 is 10.9 Å². The molecule has 0 radical (unpaired) electrons. The molecular weight excluding hydrogens is 276 g/mol. The van der Waals surface area contributed by atoms with Crippen molar-refractivity contribution in [3.05, 3.63) is 68.6 Å². The van der Waals surface area contributed by atoms with Gasteiger partial charge in [-0.2, -0.15) is 0 Å². The van der Waals surface area contributed by atoms with Crippen LogP contribution in [0, 0.1) is 20.8 Å². The number of pyridine rings is 1. The van der Waals surface area contributed by atoms with E-state index in [1.807, 2.05) is 51.1 Å². The summed E-state index contributed by atoms with van der Waals surface area (Å²) >= 11 is 0. The zero-order valence-corrected chi connectivity index (χ0v) is 13.3. The molecule has 0 spiro atoms. The number of benzene rings is 1. The van der Waals surface area contributed by atoms with Gasteiger partial charge >= 0.3 is 0 Å². The number of carbonyl (C=O) groups excluding carboxylic acids is 1. The second-order valence-electron chi connectivity index (χ2n) is 5.71. The van der Waals surface area contributed by atoms with Crippen molar-refractivity contribution in [2.75, 3.05) is 0 Å². The molecule has 0 unspecified atom stereocenters. The summed E-state index contributed by atoms with van der Waals surface area (Å²) in [5.74, 6) is -0.0417. The Labute approximate surface area is 130 Å². The van der Waals surface area contributed by atoms with Gasteiger partial charge in [-0.15, -0.1) is 0 Å². The summed E-state index contributed by atoms with van der Waals surface area (Å²) in [6.45, 7) is 6.04. The topological polar surface area (TPSA) is 62.0 Å². The highest BCUT2D eigenvalue weighted by Gasteiger charge is 2.07. The monoisotopic (exact) mass is 298 g/mol. The van der Waals surface area contributed by atoms with Crippen LogP contribution in [0.3, 0.4) is 0 Å². The van der Waals surface area contributed by atoms with Gasteiger partial charge in [-0.1, -0.05) is 29.8 Å². The van der Waals surface area contributed by atoms with Gasteiger partial charge < -0.3 is 10.3 Å². The number of rotatable bonds is 5. The van der Waals surface area contributed by atoms with E-state index in [9.17, 15) is 9.59 Å². The number of H-pyrrole nitrogens is 1. The third-order valence-electron chi connectivity index (χ3n) is 3.72. The maximum Gasteiger partial charge on any atom is 0.253 e. The van der Waals surface area contributed by atoms with Crippen LogP contribution in [0.15, 0.2) is 35.1 Å². The Kier molecular flexibility index (Phi) is 5.15. The fourth-order valence-electron chi connectivity index (χ4n) is 2.39. The molecule has 0 saturated heterocycles. The fourth-order valence-corrected chi connectivity index (χ4v) is 2.39. The number of amides is 1. The molecule has 0 atom stereocenters. The minimum atomic E-state index is -0.128. The number of hydrogen-bond donors (Lipinski definition) is 2. The number of carbonyl (C=O) groups is 1.